The molecule has 0 aliphatic rings. The first-order chi connectivity index (χ1) is 10.9. The Morgan fingerprint density at radius 3 is 2.30 bits per heavy atom. The molecule has 2 aromatic carbocycles. The highest BCUT2D eigenvalue weighted by molar-refractivity contribution is 6.30. The van der Waals surface area contributed by atoms with Crippen molar-refractivity contribution >= 4 is 23.4 Å². The smallest absolute Gasteiger partial charge is 0.352 e. The first-order valence-corrected chi connectivity index (χ1v) is 7.50. The van der Waals surface area contributed by atoms with Crippen LogP contribution < -0.4 is 9.47 Å². The number of carbonyl (C=O) groups is 2. The lowest BCUT2D eigenvalue weighted by molar-refractivity contribution is -0.141. The summed E-state index contributed by atoms with van der Waals surface area (Å²) in [4.78, 5) is 23.3. The molecule has 0 radical (unpaired) electrons. The minimum Gasteiger partial charge on any atom is -0.479 e. The lowest BCUT2D eigenvalue weighted by atomic mass is 10.1. The van der Waals surface area contributed by atoms with Crippen LogP contribution in [-0.4, -0.2) is 17.9 Å². The van der Waals surface area contributed by atoms with Crippen LogP contribution in [0, 0.1) is 6.92 Å². The molecule has 0 saturated carbocycles. The first kappa shape index (κ1) is 17.0. The van der Waals surface area contributed by atoms with Crippen molar-refractivity contribution in [3.05, 3.63) is 58.6 Å². The van der Waals surface area contributed by atoms with Gasteiger partial charge in [0.15, 0.2) is 11.9 Å². The van der Waals surface area contributed by atoms with Crippen molar-refractivity contribution in [2.24, 2.45) is 0 Å². The van der Waals surface area contributed by atoms with Gasteiger partial charge in [-0.1, -0.05) is 11.6 Å². The standard InChI is InChI=1S/C18H17ClO4/c1-11-10-15(19)6-9-17(11)22-13(3)18(21)23-16-7-4-14(5-8-16)12(2)20/h4-10,13H,1-3H3/t13-/m1/s1. The minimum atomic E-state index is -0.776. The Labute approximate surface area is 140 Å². The van der Waals surface area contributed by atoms with E-state index in [-0.39, 0.29) is 5.78 Å². The van der Waals surface area contributed by atoms with Gasteiger partial charge >= 0.3 is 5.97 Å². The lowest BCUT2D eigenvalue weighted by Crippen LogP contribution is -2.28. The number of Topliss-reactive ketones (excluding diaryl/α,β-unsaturated/α-hetero) is 1. The van der Waals surface area contributed by atoms with Gasteiger partial charge in [-0.15, -0.1) is 0 Å². The summed E-state index contributed by atoms with van der Waals surface area (Å²) in [6.45, 7) is 4.94. The number of halogens is 1. The maximum Gasteiger partial charge on any atom is 0.352 e. The summed E-state index contributed by atoms with van der Waals surface area (Å²) in [5.41, 5.74) is 1.40. The highest BCUT2D eigenvalue weighted by Gasteiger charge is 2.18. The number of hydrogen-bond acceptors (Lipinski definition) is 4. The average molecular weight is 333 g/mol. The van der Waals surface area contributed by atoms with E-state index in [9.17, 15) is 9.59 Å². The van der Waals surface area contributed by atoms with Crippen LogP contribution in [-0.2, 0) is 4.79 Å². The molecule has 5 heteroatoms. The molecule has 2 aromatic rings. The average Bonchev–Trinajstić information content (AvgIpc) is 2.50. The van der Waals surface area contributed by atoms with E-state index in [1.165, 1.54) is 6.92 Å². The Morgan fingerprint density at radius 1 is 1.09 bits per heavy atom. The lowest BCUT2D eigenvalue weighted by Gasteiger charge is -2.15. The summed E-state index contributed by atoms with van der Waals surface area (Å²) in [5, 5.41) is 0.607. The van der Waals surface area contributed by atoms with Crippen molar-refractivity contribution in [2.75, 3.05) is 0 Å². The van der Waals surface area contributed by atoms with Gasteiger partial charge in [0.05, 0.1) is 0 Å². The molecule has 0 unspecified atom stereocenters. The van der Waals surface area contributed by atoms with E-state index in [0.717, 1.165) is 5.56 Å². The molecule has 0 amide bonds. The van der Waals surface area contributed by atoms with Crippen LogP contribution in [0.5, 0.6) is 11.5 Å². The summed E-state index contributed by atoms with van der Waals surface area (Å²) >= 11 is 5.89. The second-order valence-electron chi connectivity index (χ2n) is 5.17. The molecule has 23 heavy (non-hydrogen) atoms. The second kappa shape index (κ2) is 7.29. The first-order valence-electron chi connectivity index (χ1n) is 7.12. The number of carbonyl (C=O) groups excluding carboxylic acids is 2. The maximum atomic E-state index is 12.1. The van der Waals surface area contributed by atoms with E-state index in [0.29, 0.717) is 22.1 Å². The molecule has 0 N–H and O–H groups in total. The van der Waals surface area contributed by atoms with Gasteiger partial charge in [0.1, 0.15) is 11.5 Å². The highest BCUT2D eigenvalue weighted by Crippen LogP contribution is 2.23. The summed E-state index contributed by atoms with van der Waals surface area (Å²) in [6, 6.07) is 11.5. The van der Waals surface area contributed by atoms with Gasteiger partial charge in [-0.2, -0.15) is 0 Å². The molecule has 0 heterocycles. The molecule has 0 aliphatic carbocycles. The Balaban J connectivity index is 2.00. The maximum absolute atomic E-state index is 12.1. The fourth-order valence-corrected chi connectivity index (χ4v) is 2.17. The van der Waals surface area contributed by atoms with Crippen LogP contribution in [0.15, 0.2) is 42.5 Å². The van der Waals surface area contributed by atoms with Crippen LogP contribution in [0.4, 0.5) is 0 Å². The molecule has 120 valence electrons. The zero-order chi connectivity index (χ0) is 17.0. The van der Waals surface area contributed by atoms with Crippen LogP contribution in [0.3, 0.4) is 0 Å². The number of aryl methyl sites for hydroxylation is 1. The second-order valence-corrected chi connectivity index (χ2v) is 5.61. The topological polar surface area (TPSA) is 52.6 Å². The predicted molar refractivity (Wildman–Crippen MR) is 88.4 cm³/mol. The Morgan fingerprint density at radius 2 is 1.74 bits per heavy atom. The van der Waals surface area contributed by atoms with Gasteiger partial charge in [0.2, 0.25) is 0 Å². The Bertz CT molecular complexity index is 722. The summed E-state index contributed by atoms with van der Waals surface area (Å²) in [6.07, 6.45) is -0.776. The van der Waals surface area contributed by atoms with Crippen LogP contribution in [0.1, 0.15) is 29.8 Å². The predicted octanol–water partition coefficient (Wildman–Crippen LogP) is 4.22. The van der Waals surface area contributed by atoms with Crippen LogP contribution in [0.2, 0.25) is 5.02 Å². The Kier molecular flexibility index (Phi) is 5.40. The summed E-state index contributed by atoms with van der Waals surface area (Å²) < 4.78 is 10.9. The SMILES string of the molecule is CC(=O)c1ccc(OC(=O)[C@@H](C)Oc2ccc(Cl)cc2C)cc1. The van der Waals surface area contributed by atoms with Gasteiger partial charge in [-0.05, 0) is 68.8 Å². The van der Waals surface area contributed by atoms with Crippen LogP contribution >= 0.6 is 11.6 Å². The van der Waals surface area contributed by atoms with Crippen molar-refractivity contribution in [3.8, 4) is 11.5 Å². The van der Waals surface area contributed by atoms with Crippen LogP contribution in [0.25, 0.3) is 0 Å². The zero-order valence-corrected chi connectivity index (χ0v) is 13.9. The molecule has 0 bridgehead atoms. The van der Waals surface area contributed by atoms with E-state index in [1.807, 2.05) is 6.92 Å². The van der Waals surface area contributed by atoms with Gasteiger partial charge in [0, 0.05) is 10.6 Å². The largest absolute Gasteiger partial charge is 0.479 e. The molecule has 2 rings (SSSR count). The van der Waals surface area contributed by atoms with E-state index in [4.69, 9.17) is 21.1 Å². The summed E-state index contributed by atoms with van der Waals surface area (Å²) in [7, 11) is 0. The van der Waals surface area contributed by atoms with Crippen molar-refractivity contribution in [2.45, 2.75) is 26.9 Å². The van der Waals surface area contributed by atoms with E-state index >= 15 is 0 Å². The number of hydrogen-bond donors (Lipinski definition) is 0. The zero-order valence-electron chi connectivity index (χ0n) is 13.1. The molecule has 0 fully saturated rings. The molecule has 1 atom stereocenters. The number of ketones is 1. The quantitative estimate of drug-likeness (QED) is 0.467. The normalized spacial score (nSPS) is 11.7. The molecule has 4 nitrogen and oxygen atoms in total. The van der Waals surface area contributed by atoms with Gasteiger partial charge in [0.25, 0.3) is 0 Å². The van der Waals surface area contributed by atoms with Crippen molar-refractivity contribution in [3.63, 3.8) is 0 Å². The third-order valence-corrected chi connectivity index (χ3v) is 3.49. The number of rotatable bonds is 5. The molecule has 0 saturated heterocycles. The van der Waals surface area contributed by atoms with Gasteiger partial charge in [-0.3, -0.25) is 4.79 Å². The molecule has 0 aromatic heterocycles. The van der Waals surface area contributed by atoms with Crippen molar-refractivity contribution < 1.29 is 19.1 Å². The van der Waals surface area contributed by atoms with Gasteiger partial charge in [-0.25, -0.2) is 4.79 Å². The Hall–Kier alpha value is -2.33. The molecular weight excluding hydrogens is 316 g/mol. The van der Waals surface area contributed by atoms with Crippen molar-refractivity contribution in [1.29, 1.82) is 0 Å². The fraction of sp³-hybridized carbons (Fsp3) is 0.222. The summed E-state index contributed by atoms with van der Waals surface area (Å²) in [5.74, 6) is 0.377. The third-order valence-electron chi connectivity index (χ3n) is 3.25. The highest BCUT2D eigenvalue weighted by atomic mass is 35.5. The van der Waals surface area contributed by atoms with Gasteiger partial charge < -0.3 is 9.47 Å². The fourth-order valence-electron chi connectivity index (χ4n) is 1.94. The van der Waals surface area contributed by atoms with E-state index in [2.05, 4.69) is 0 Å². The monoisotopic (exact) mass is 332 g/mol. The number of ether oxygens (including phenoxy) is 2. The molecule has 0 aliphatic heterocycles. The molecule has 0 spiro atoms. The molecular formula is C18H17ClO4. The third kappa shape index (κ3) is 4.57. The van der Waals surface area contributed by atoms with Crippen molar-refractivity contribution in [1.82, 2.24) is 0 Å². The minimum absolute atomic E-state index is 0.0437. The van der Waals surface area contributed by atoms with E-state index in [1.54, 1.807) is 49.4 Å². The van der Waals surface area contributed by atoms with E-state index < -0.39 is 12.1 Å². The number of esters is 1. The number of benzene rings is 2.